The van der Waals surface area contributed by atoms with E-state index in [-0.39, 0.29) is 11.9 Å². The molecule has 0 aliphatic heterocycles. The fourth-order valence-corrected chi connectivity index (χ4v) is 3.52. The first-order valence-corrected chi connectivity index (χ1v) is 8.80. The van der Waals surface area contributed by atoms with Gasteiger partial charge in [-0.1, -0.05) is 44.0 Å². The molecular weight excluding hydrogens is 314 g/mol. The summed E-state index contributed by atoms with van der Waals surface area (Å²) >= 11 is 0. The summed E-state index contributed by atoms with van der Waals surface area (Å²) in [6.45, 7) is 2.20. The molecule has 0 spiro atoms. The minimum atomic E-state index is -0.0868. The van der Waals surface area contributed by atoms with Crippen LogP contribution in [0.3, 0.4) is 0 Å². The molecule has 1 N–H and O–H groups in total. The molecule has 1 aliphatic rings. The maximum atomic E-state index is 12.2. The van der Waals surface area contributed by atoms with Gasteiger partial charge in [0.15, 0.2) is 11.5 Å². The second-order valence-electron chi connectivity index (χ2n) is 6.74. The van der Waals surface area contributed by atoms with Crippen molar-refractivity contribution in [3.8, 4) is 0 Å². The van der Waals surface area contributed by atoms with Crippen molar-refractivity contribution in [2.45, 2.75) is 38.6 Å². The molecule has 3 aromatic rings. The van der Waals surface area contributed by atoms with Crippen LogP contribution in [0.2, 0.25) is 0 Å². The Kier molecular flexibility index (Phi) is 4.17. The smallest absolute Gasteiger partial charge is 0.244 e. The number of carbonyl (C=O) groups excluding carboxylic acids is 1. The first-order valence-electron chi connectivity index (χ1n) is 8.80. The fourth-order valence-electron chi connectivity index (χ4n) is 3.52. The van der Waals surface area contributed by atoms with Gasteiger partial charge in [0, 0.05) is 22.9 Å². The first kappa shape index (κ1) is 15.7. The topological polar surface area (TPSA) is 72.2 Å². The van der Waals surface area contributed by atoms with E-state index < -0.39 is 0 Å². The van der Waals surface area contributed by atoms with Gasteiger partial charge >= 0.3 is 0 Å². The summed E-state index contributed by atoms with van der Waals surface area (Å²) in [5, 5.41) is 17.9. The second kappa shape index (κ2) is 6.63. The Morgan fingerprint density at radius 1 is 1.24 bits per heavy atom. The zero-order chi connectivity index (χ0) is 17.2. The predicted octanol–water partition coefficient (Wildman–Crippen LogP) is 2.99. The van der Waals surface area contributed by atoms with Gasteiger partial charge in [-0.15, -0.1) is 10.2 Å². The zero-order valence-corrected chi connectivity index (χ0v) is 14.2. The zero-order valence-electron chi connectivity index (χ0n) is 14.2. The van der Waals surface area contributed by atoms with Crippen molar-refractivity contribution in [3.63, 3.8) is 0 Å². The summed E-state index contributed by atoms with van der Waals surface area (Å²) in [5.74, 6) is 0.997. The van der Waals surface area contributed by atoms with Crippen LogP contribution >= 0.6 is 0 Å². The molecule has 0 radical (unpaired) electrons. The molecular formula is C19H21N5O. The number of carbonyl (C=O) groups is 1. The second-order valence-corrected chi connectivity index (χ2v) is 6.74. The third-order valence-corrected chi connectivity index (χ3v) is 5.00. The summed E-state index contributed by atoms with van der Waals surface area (Å²) in [6.07, 6.45) is 9.66. The lowest BCUT2D eigenvalue weighted by Gasteiger charge is -2.29. The van der Waals surface area contributed by atoms with E-state index in [1.54, 1.807) is 16.8 Å². The third kappa shape index (κ3) is 3.12. The molecule has 4 rings (SSSR count). The van der Waals surface area contributed by atoms with E-state index >= 15 is 0 Å². The van der Waals surface area contributed by atoms with Crippen LogP contribution in [0.5, 0.6) is 0 Å². The van der Waals surface area contributed by atoms with Gasteiger partial charge in [0.25, 0.3) is 0 Å². The Bertz CT molecular complexity index is 945. The van der Waals surface area contributed by atoms with E-state index in [1.807, 2.05) is 24.3 Å². The molecule has 1 amide bonds. The molecule has 1 aliphatic carbocycles. The van der Waals surface area contributed by atoms with E-state index in [4.69, 9.17) is 0 Å². The van der Waals surface area contributed by atoms with Crippen LogP contribution in [0.15, 0.2) is 36.5 Å². The Morgan fingerprint density at radius 3 is 2.96 bits per heavy atom. The average molecular weight is 335 g/mol. The highest BCUT2D eigenvalue weighted by Crippen LogP contribution is 2.23. The van der Waals surface area contributed by atoms with Gasteiger partial charge < -0.3 is 5.32 Å². The van der Waals surface area contributed by atoms with E-state index in [2.05, 4.69) is 27.5 Å². The maximum absolute atomic E-state index is 12.2. The van der Waals surface area contributed by atoms with Crippen LogP contribution in [-0.4, -0.2) is 31.8 Å². The SMILES string of the molecule is CC1CCCCC1NC(=O)/C=C/c1nnc2c3ccccc3cnn12. The molecule has 1 saturated carbocycles. The van der Waals surface area contributed by atoms with E-state index in [0.29, 0.717) is 17.4 Å². The van der Waals surface area contributed by atoms with Crippen molar-refractivity contribution in [3.05, 3.63) is 42.4 Å². The molecule has 0 saturated heterocycles. The number of hydrogen-bond acceptors (Lipinski definition) is 4. The maximum Gasteiger partial charge on any atom is 0.244 e. The Hall–Kier alpha value is -2.76. The molecule has 0 bridgehead atoms. The van der Waals surface area contributed by atoms with Crippen LogP contribution in [0.25, 0.3) is 22.5 Å². The van der Waals surface area contributed by atoms with Gasteiger partial charge in [-0.25, -0.2) is 0 Å². The lowest BCUT2D eigenvalue weighted by molar-refractivity contribution is -0.117. The molecule has 6 nitrogen and oxygen atoms in total. The van der Waals surface area contributed by atoms with Gasteiger partial charge in [0.2, 0.25) is 5.91 Å². The summed E-state index contributed by atoms with van der Waals surface area (Å²) in [7, 11) is 0. The Balaban J connectivity index is 1.55. The van der Waals surface area contributed by atoms with Crippen LogP contribution in [0, 0.1) is 5.92 Å². The summed E-state index contributed by atoms with van der Waals surface area (Å²) in [6, 6.07) is 8.18. The van der Waals surface area contributed by atoms with E-state index in [0.717, 1.165) is 17.2 Å². The number of hydrogen-bond donors (Lipinski definition) is 1. The number of benzene rings is 1. The highest BCUT2D eigenvalue weighted by molar-refractivity contribution is 5.94. The van der Waals surface area contributed by atoms with Gasteiger partial charge in [-0.3, -0.25) is 4.79 Å². The summed E-state index contributed by atoms with van der Waals surface area (Å²) in [5.41, 5.74) is 0.694. The average Bonchev–Trinajstić information content (AvgIpc) is 3.05. The van der Waals surface area contributed by atoms with Crippen molar-refractivity contribution in [1.29, 1.82) is 0 Å². The summed E-state index contributed by atoms with van der Waals surface area (Å²) in [4.78, 5) is 12.2. The minimum Gasteiger partial charge on any atom is -0.350 e. The monoisotopic (exact) mass is 335 g/mol. The molecule has 2 unspecified atom stereocenters. The van der Waals surface area contributed by atoms with E-state index in [9.17, 15) is 4.79 Å². The highest BCUT2D eigenvalue weighted by atomic mass is 16.1. The van der Waals surface area contributed by atoms with Gasteiger partial charge in [0.1, 0.15) is 0 Å². The number of amides is 1. The molecule has 1 aromatic carbocycles. The molecule has 2 atom stereocenters. The highest BCUT2D eigenvalue weighted by Gasteiger charge is 2.22. The number of aromatic nitrogens is 4. The first-order chi connectivity index (χ1) is 12.2. The van der Waals surface area contributed by atoms with Gasteiger partial charge in [-0.2, -0.15) is 9.61 Å². The van der Waals surface area contributed by atoms with Crippen LogP contribution < -0.4 is 5.32 Å². The third-order valence-electron chi connectivity index (χ3n) is 5.00. The van der Waals surface area contributed by atoms with Crippen LogP contribution in [0.1, 0.15) is 38.4 Å². The number of nitrogens with zero attached hydrogens (tertiary/aromatic N) is 4. The molecule has 25 heavy (non-hydrogen) atoms. The molecule has 128 valence electrons. The lowest BCUT2D eigenvalue weighted by atomic mass is 9.86. The predicted molar refractivity (Wildman–Crippen MR) is 96.9 cm³/mol. The Labute approximate surface area is 145 Å². The van der Waals surface area contributed by atoms with Gasteiger partial charge in [0.05, 0.1) is 6.20 Å². The van der Waals surface area contributed by atoms with Gasteiger partial charge in [-0.05, 0) is 24.8 Å². The van der Waals surface area contributed by atoms with Crippen molar-refractivity contribution in [2.24, 2.45) is 5.92 Å². The molecule has 2 heterocycles. The molecule has 6 heteroatoms. The van der Waals surface area contributed by atoms with Crippen molar-refractivity contribution >= 4 is 28.4 Å². The van der Waals surface area contributed by atoms with Crippen molar-refractivity contribution < 1.29 is 4.79 Å². The summed E-state index contributed by atoms with van der Waals surface area (Å²) < 4.78 is 1.66. The van der Waals surface area contributed by atoms with E-state index in [1.165, 1.54) is 25.3 Å². The number of fused-ring (bicyclic) bond motifs is 3. The van der Waals surface area contributed by atoms with Crippen LogP contribution in [-0.2, 0) is 4.79 Å². The normalized spacial score (nSPS) is 21.2. The molecule has 1 fully saturated rings. The number of rotatable bonds is 3. The molecule has 2 aromatic heterocycles. The fraction of sp³-hybridized carbons (Fsp3) is 0.368. The van der Waals surface area contributed by atoms with Crippen molar-refractivity contribution in [2.75, 3.05) is 0 Å². The standard InChI is InChI=1S/C19H21N5O/c1-13-6-2-5-9-16(13)21-18(25)11-10-17-22-23-19-15-8-4-3-7-14(15)12-20-24(17)19/h3-4,7-8,10-13,16H,2,5-6,9H2,1H3,(H,21,25)/b11-10+. The minimum absolute atomic E-state index is 0.0868. The lowest BCUT2D eigenvalue weighted by Crippen LogP contribution is -2.40. The number of nitrogens with one attached hydrogen (secondary N) is 1. The largest absolute Gasteiger partial charge is 0.350 e. The Morgan fingerprint density at radius 2 is 2.08 bits per heavy atom. The van der Waals surface area contributed by atoms with Crippen molar-refractivity contribution in [1.82, 2.24) is 25.1 Å². The van der Waals surface area contributed by atoms with Crippen LogP contribution in [0.4, 0.5) is 0 Å². The quantitative estimate of drug-likeness (QED) is 0.747.